The third-order valence-corrected chi connectivity index (χ3v) is 5.62. The first-order valence-corrected chi connectivity index (χ1v) is 9.88. The van der Waals surface area contributed by atoms with E-state index in [0.29, 0.717) is 23.8 Å². The first-order chi connectivity index (χ1) is 11.5. The summed E-state index contributed by atoms with van der Waals surface area (Å²) >= 11 is 1.81. The van der Waals surface area contributed by atoms with Gasteiger partial charge >= 0.3 is 0 Å². The molecule has 0 amide bonds. The number of fused-ring (bicyclic) bond motifs is 1. The number of hydrogen-bond donors (Lipinski definition) is 3. The number of thioether (sulfide) groups is 1. The molecule has 0 aromatic rings. The zero-order valence-corrected chi connectivity index (χ0v) is 15.9. The van der Waals surface area contributed by atoms with Crippen LogP contribution in [0.3, 0.4) is 0 Å². The zero-order chi connectivity index (χ0) is 17.1. The summed E-state index contributed by atoms with van der Waals surface area (Å²) in [7, 11) is 0. The standard InChI is InChI=1S/C20H29N3S/c1-13(2)11-21-15(4)19-12-24-20(23-19)22-18-10-6-8-16-14(3)7-5-9-17(16)18/h5-10,12-16,20-23H,11H2,1-4H3. The van der Waals surface area contributed by atoms with Gasteiger partial charge < -0.3 is 16.0 Å². The van der Waals surface area contributed by atoms with Gasteiger partial charge in [-0.3, -0.25) is 0 Å². The van der Waals surface area contributed by atoms with E-state index in [9.17, 15) is 0 Å². The molecule has 1 aliphatic heterocycles. The summed E-state index contributed by atoms with van der Waals surface area (Å²) in [5.41, 5.74) is 4.10. The maximum absolute atomic E-state index is 3.67. The Labute approximate surface area is 150 Å². The lowest BCUT2D eigenvalue weighted by molar-refractivity contribution is 0.493. The van der Waals surface area contributed by atoms with E-state index in [2.05, 4.69) is 85.5 Å². The highest BCUT2D eigenvalue weighted by Crippen LogP contribution is 2.34. The van der Waals surface area contributed by atoms with Crippen LogP contribution in [0.25, 0.3) is 0 Å². The van der Waals surface area contributed by atoms with Crippen LogP contribution in [-0.2, 0) is 0 Å². The first kappa shape index (κ1) is 17.4. The molecule has 3 rings (SSSR count). The number of rotatable bonds is 6. The van der Waals surface area contributed by atoms with Gasteiger partial charge in [0.2, 0.25) is 0 Å². The molecule has 4 heteroatoms. The third-order valence-electron chi connectivity index (χ3n) is 4.72. The lowest BCUT2D eigenvalue weighted by atomic mass is 9.79. The van der Waals surface area contributed by atoms with Crippen molar-refractivity contribution in [3.8, 4) is 0 Å². The van der Waals surface area contributed by atoms with Crippen molar-refractivity contribution in [2.24, 2.45) is 17.8 Å². The van der Waals surface area contributed by atoms with Crippen molar-refractivity contribution in [3.63, 3.8) is 0 Å². The third kappa shape index (κ3) is 3.98. The Morgan fingerprint density at radius 3 is 2.75 bits per heavy atom. The smallest absolute Gasteiger partial charge is 0.149 e. The molecule has 0 aromatic carbocycles. The van der Waals surface area contributed by atoms with Crippen molar-refractivity contribution in [3.05, 3.63) is 58.8 Å². The average Bonchev–Trinajstić information content (AvgIpc) is 3.02. The van der Waals surface area contributed by atoms with Crippen LogP contribution in [0.1, 0.15) is 27.7 Å². The Hall–Kier alpha value is -1.39. The van der Waals surface area contributed by atoms with E-state index < -0.39 is 0 Å². The first-order valence-electron chi connectivity index (χ1n) is 8.94. The Bertz CT molecular complexity index is 612. The number of nitrogens with one attached hydrogen (secondary N) is 3. The van der Waals surface area contributed by atoms with Gasteiger partial charge in [0, 0.05) is 23.4 Å². The lowest BCUT2D eigenvalue weighted by Gasteiger charge is -2.31. The van der Waals surface area contributed by atoms with Crippen LogP contribution in [0.4, 0.5) is 0 Å². The SMILES string of the molecule is CC(C)CNC(C)C1=CSC(NC2=CC=CC3C2=CC=CC3C)N1. The molecular formula is C20H29N3S. The summed E-state index contributed by atoms with van der Waals surface area (Å²) in [4.78, 5) is 0. The predicted molar refractivity (Wildman–Crippen MR) is 105 cm³/mol. The molecule has 0 radical (unpaired) electrons. The number of hydrogen-bond acceptors (Lipinski definition) is 4. The van der Waals surface area contributed by atoms with Crippen molar-refractivity contribution < 1.29 is 0 Å². The van der Waals surface area contributed by atoms with Gasteiger partial charge in [-0.05, 0) is 42.4 Å². The van der Waals surface area contributed by atoms with E-state index in [1.807, 2.05) is 11.8 Å². The average molecular weight is 344 g/mol. The largest absolute Gasteiger partial charge is 0.358 e. The predicted octanol–water partition coefficient (Wildman–Crippen LogP) is 3.87. The van der Waals surface area contributed by atoms with Crippen LogP contribution in [-0.4, -0.2) is 18.1 Å². The molecule has 0 fully saturated rings. The molecule has 0 aromatic heterocycles. The maximum Gasteiger partial charge on any atom is 0.149 e. The van der Waals surface area contributed by atoms with Gasteiger partial charge in [-0.15, -0.1) is 0 Å². The van der Waals surface area contributed by atoms with Gasteiger partial charge in [0.05, 0.1) is 0 Å². The van der Waals surface area contributed by atoms with Crippen LogP contribution < -0.4 is 16.0 Å². The summed E-state index contributed by atoms with van der Waals surface area (Å²) in [5, 5.41) is 13.1. The number of allylic oxidation sites excluding steroid dienone is 7. The fourth-order valence-electron chi connectivity index (χ4n) is 3.22. The molecule has 4 unspecified atom stereocenters. The Balaban J connectivity index is 1.57. The van der Waals surface area contributed by atoms with E-state index in [0.717, 1.165) is 6.54 Å². The Morgan fingerprint density at radius 1 is 1.17 bits per heavy atom. The van der Waals surface area contributed by atoms with Gasteiger partial charge in [0.25, 0.3) is 0 Å². The van der Waals surface area contributed by atoms with Crippen LogP contribution in [0, 0.1) is 17.8 Å². The Kier molecular flexibility index (Phi) is 5.57. The van der Waals surface area contributed by atoms with E-state index >= 15 is 0 Å². The van der Waals surface area contributed by atoms with Gasteiger partial charge in [0.15, 0.2) is 0 Å². The molecule has 0 saturated carbocycles. The minimum atomic E-state index is 0.198. The fourth-order valence-corrected chi connectivity index (χ4v) is 4.17. The monoisotopic (exact) mass is 343 g/mol. The second kappa shape index (κ2) is 7.66. The second-order valence-corrected chi connectivity index (χ2v) is 8.24. The molecule has 3 aliphatic rings. The molecule has 3 N–H and O–H groups in total. The summed E-state index contributed by atoms with van der Waals surface area (Å²) in [6, 6.07) is 0.358. The van der Waals surface area contributed by atoms with Crippen molar-refractivity contribution in [1.29, 1.82) is 0 Å². The molecule has 4 atom stereocenters. The molecular weight excluding hydrogens is 314 g/mol. The molecule has 0 bridgehead atoms. The molecule has 24 heavy (non-hydrogen) atoms. The normalized spacial score (nSPS) is 29.5. The van der Waals surface area contributed by atoms with Crippen LogP contribution >= 0.6 is 11.8 Å². The molecule has 0 saturated heterocycles. The van der Waals surface area contributed by atoms with Gasteiger partial charge in [-0.2, -0.15) is 0 Å². The summed E-state index contributed by atoms with van der Waals surface area (Å²) < 4.78 is 0. The quantitative estimate of drug-likeness (QED) is 0.684. The van der Waals surface area contributed by atoms with Gasteiger partial charge in [-0.25, -0.2) is 0 Å². The fraction of sp³-hybridized carbons (Fsp3) is 0.500. The van der Waals surface area contributed by atoms with Crippen LogP contribution in [0.2, 0.25) is 0 Å². The maximum atomic E-state index is 3.67. The van der Waals surface area contributed by atoms with Crippen LogP contribution in [0.15, 0.2) is 58.8 Å². The highest BCUT2D eigenvalue weighted by molar-refractivity contribution is 8.02. The zero-order valence-electron chi connectivity index (χ0n) is 15.0. The van der Waals surface area contributed by atoms with E-state index in [1.165, 1.54) is 17.0 Å². The van der Waals surface area contributed by atoms with Crippen molar-refractivity contribution in [2.75, 3.05) is 6.54 Å². The van der Waals surface area contributed by atoms with E-state index in [1.54, 1.807) is 0 Å². The van der Waals surface area contributed by atoms with Crippen molar-refractivity contribution in [1.82, 2.24) is 16.0 Å². The molecule has 0 spiro atoms. The molecule has 1 heterocycles. The summed E-state index contributed by atoms with van der Waals surface area (Å²) in [6.07, 6.45) is 13.4. The van der Waals surface area contributed by atoms with E-state index in [-0.39, 0.29) is 5.50 Å². The summed E-state index contributed by atoms with van der Waals surface area (Å²) in [5.74, 6) is 1.72. The van der Waals surface area contributed by atoms with Crippen LogP contribution in [0.5, 0.6) is 0 Å². The molecule has 2 aliphatic carbocycles. The van der Waals surface area contributed by atoms with Crippen molar-refractivity contribution in [2.45, 2.75) is 39.2 Å². The van der Waals surface area contributed by atoms with Gasteiger partial charge in [-0.1, -0.05) is 62.9 Å². The van der Waals surface area contributed by atoms with E-state index in [4.69, 9.17) is 0 Å². The molecule has 130 valence electrons. The lowest BCUT2D eigenvalue weighted by Crippen LogP contribution is -2.42. The highest BCUT2D eigenvalue weighted by Gasteiger charge is 2.27. The highest BCUT2D eigenvalue weighted by atomic mass is 32.2. The summed E-state index contributed by atoms with van der Waals surface area (Å²) in [6.45, 7) is 10.0. The Morgan fingerprint density at radius 2 is 1.96 bits per heavy atom. The van der Waals surface area contributed by atoms with Gasteiger partial charge in [0.1, 0.15) is 5.50 Å². The minimum absolute atomic E-state index is 0.198. The molecule has 3 nitrogen and oxygen atoms in total. The topological polar surface area (TPSA) is 36.1 Å². The minimum Gasteiger partial charge on any atom is -0.358 e. The van der Waals surface area contributed by atoms with Crippen molar-refractivity contribution >= 4 is 11.8 Å². The second-order valence-electron chi connectivity index (χ2n) is 7.26.